The van der Waals surface area contributed by atoms with Gasteiger partial charge in [0.05, 0.1) is 26.7 Å². The van der Waals surface area contributed by atoms with Crippen molar-refractivity contribution in [3.05, 3.63) is 12.7 Å². The zero-order valence-electron chi connectivity index (χ0n) is 10.2. The molecule has 4 heteroatoms. The van der Waals surface area contributed by atoms with Crippen LogP contribution >= 0.6 is 0 Å². The van der Waals surface area contributed by atoms with E-state index in [0.717, 1.165) is 24.0 Å². The first kappa shape index (κ1) is 16.9. The summed E-state index contributed by atoms with van der Waals surface area (Å²) in [5.74, 6) is -0.0835. The van der Waals surface area contributed by atoms with Gasteiger partial charge in [0.1, 0.15) is 0 Å². The first-order valence-corrected chi connectivity index (χ1v) is 5.13. The summed E-state index contributed by atoms with van der Waals surface area (Å²) in [6, 6.07) is 0.616. The first-order chi connectivity index (χ1) is 6.40. The second kappa shape index (κ2) is 7.71. The smallest absolute Gasteiger partial charge is 0.243 e. The van der Waals surface area contributed by atoms with Gasteiger partial charge >= 0.3 is 0 Å². The molecule has 0 rings (SSSR count). The summed E-state index contributed by atoms with van der Waals surface area (Å²) in [6.45, 7) is 9.64. The number of quaternary nitrogens is 1. The van der Waals surface area contributed by atoms with Crippen LogP contribution in [0.25, 0.3) is 0 Å². The van der Waals surface area contributed by atoms with E-state index in [-0.39, 0.29) is 18.3 Å². The molecule has 0 radical (unpaired) electrons. The molecule has 0 aromatic carbocycles. The lowest BCUT2D eigenvalue weighted by Crippen LogP contribution is -3.00. The Balaban J connectivity index is 0. The van der Waals surface area contributed by atoms with E-state index in [1.807, 2.05) is 0 Å². The second-order valence-electron chi connectivity index (χ2n) is 4.44. The van der Waals surface area contributed by atoms with E-state index < -0.39 is 0 Å². The van der Waals surface area contributed by atoms with Gasteiger partial charge in [-0.05, 0) is 19.9 Å². The van der Waals surface area contributed by atoms with Crippen molar-refractivity contribution in [2.45, 2.75) is 26.3 Å². The predicted octanol–water partition coefficient (Wildman–Crippen LogP) is -1.83. The third-order valence-electron chi connectivity index (χ3n) is 2.79. The number of halogens is 1. The largest absolute Gasteiger partial charge is 1.00 e. The van der Waals surface area contributed by atoms with Gasteiger partial charge in [-0.25, -0.2) is 0 Å². The number of hydrogen-bond donors (Lipinski definition) is 1. The Morgan fingerprint density at radius 2 is 2.00 bits per heavy atom. The van der Waals surface area contributed by atoms with Crippen molar-refractivity contribution in [3.8, 4) is 0 Å². The van der Waals surface area contributed by atoms with Gasteiger partial charge in [0.25, 0.3) is 0 Å². The van der Waals surface area contributed by atoms with Crippen LogP contribution in [0, 0.1) is 0 Å². The van der Waals surface area contributed by atoms with E-state index in [4.69, 9.17) is 0 Å². The highest BCUT2D eigenvalue weighted by Crippen LogP contribution is 2.05. The quantitative estimate of drug-likeness (QED) is 0.327. The van der Waals surface area contributed by atoms with E-state index >= 15 is 0 Å². The third kappa shape index (κ3) is 7.40. The standard InChI is InChI=1S/C11H22N2O.ClH/c1-6-11(14)12-8-7-9-13(4,5)10(2)3;/h6,10H,1,7-9H2,2-5H3;1H. The number of carbonyl (C=O) groups is 1. The van der Waals surface area contributed by atoms with Gasteiger partial charge in [0.2, 0.25) is 5.91 Å². The molecule has 15 heavy (non-hydrogen) atoms. The van der Waals surface area contributed by atoms with Gasteiger partial charge in [-0.15, -0.1) is 0 Å². The average Bonchev–Trinajstić information content (AvgIpc) is 2.11. The molecule has 0 aliphatic carbocycles. The van der Waals surface area contributed by atoms with Crippen molar-refractivity contribution in [1.82, 2.24) is 5.32 Å². The number of rotatable bonds is 6. The highest BCUT2D eigenvalue weighted by atomic mass is 35.5. The summed E-state index contributed by atoms with van der Waals surface area (Å²) in [5, 5.41) is 2.78. The minimum absolute atomic E-state index is 0. The highest BCUT2D eigenvalue weighted by Gasteiger charge is 2.18. The molecule has 0 aromatic rings. The van der Waals surface area contributed by atoms with Crippen LogP contribution in [-0.4, -0.2) is 43.6 Å². The lowest BCUT2D eigenvalue weighted by Gasteiger charge is -2.34. The molecular formula is C11H23ClN2O. The SMILES string of the molecule is C=CC(=O)NCCC[N+](C)(C)C(C)C.[Cl-]. The number of carbonyl (C=O) groups excluding carboxylic acids is 1. The molecule has 0 fully saturated rings. The van der Waals surface area contributed by atoms with Crippen molar-refractivity contribution in [1.29, 1.82) is 0 Å². The van der Waals surface area contributed by atoms with Crippen LogP contribution in [-0.2, 0) is 4.79 Å². The molecule has 0 spiro atoms. The molecule has 3 nitrogen and oxygen atoms in total. The predicted molar refractivity (Wildman–Crippen MR) is 59.9 cm³/mol. The lowest BCUT2D eigenvalue weighted by atomic mass is 10.2. The molecule has 0 saturated heterocycles. The number of nitrogens with zero attached hydrogens (tertiary/aromatic N) is 1. The van der Waals surface area contributed by atoms with Crippen molar-refractivity contribution in [3.63, 3.8) is 0 Å². The second-order valence-corrected chi connectivity index (χ2v) is 4.44. The first-order valence-electron chi connectivity index (χ1n) is 5.13. The fourth-order valence-corrected chi connectivity index (χ4v) is 1.03. The summed E-state index contributed by atoms with van der Waals surface area (Å²) in [7, 11) is 4.42. The Bertz CT molecular complexity index is 203. The van der Waals surface area contributed by atoms with Crippen LogP contribution in [0.5, 0.6) is 0 Å². The zero-order chi connectivity index (χ0) is 11.2. The molecule has 1 amide bonds. The normalized spacial score (nSPS) is 10.7. The Kier molecular flexibility index (Phi) is 8.68. The highest BCUT2D eigenvalue weighted by molar-refractivity contribution is 5.86. The van der Waals surface area contributed by atoms with Crippen LogP contribution in [0.15, 0.2) is 12.7 Å². The van der Waals surface area contributed by atoms with Gasteiger partial charge in [-0.2, -0.15) is 0 Å². The molecule has 0 bridgehead atoms. The number of amides is 1. The van der Waals surface area contributed by atoms with Crippen molar-refractivity contribution < 1.29 is 21.7 Å². The summed E-state index contributed by atoms with van der Waals surface area (Å²) in [5.41, 5.74) is 0. The fraction of sp³-hybridized carbons (Fsp3) is 0.727. The molecule has 0 unspecified atom stereocenters. The van der Waals surface area contributed by atoms with E-state index in [1.165, 1.54) is 6.08 Å². The molecule has 0 aromatic heterocycles. The van der Waals surface area contributed by atoms with E-state index in [0.29, 0.717) is 6.04 Å². The summed E-state index contributed by atoms with van der Waals surface area (Å²) in [6.07, 6.45) is 2.31. The minimum Gasteiger partial charge on any atom is -1.00 e. The fourth-order valence-electron chi connectivity index (χ4n) is 1.03. The van der Waals surface area contributed by atoms with Gasteiger partial charge in [-0.3, -0.25) is 4.79 Å². The van der Waals surface area contributed by atoms with E-state index in [9.17, 15) is 4.79 Å². The maximum absolute atomic E-state index is 10.8. The zero-order valence-corrected chi connectivity index (χ0v) is 11.0. The monoisotopic (exact) mass is 234 g/mol. The molecule has 0 aliphatic heterocycles. The van der Waals surface area contributed by atoms with Crippen LogP contribution in [0.3, 0.4) is 0 Å². The molecular weight excluding hydrogens is 212 g/mol. The van der Waals surface area contributed by atoms with Gasteiger partial charge in [0.15, 0.2) is 0 Å². The average molecular weight is 235 g/mol. The number of nitrogens with one attached hydrogen (secondary N) is 1. The molecule has 0 heterocycles. The van der Waals surface area contributed by atoms with Crippen LogP contribution in [0.1, 0.15) is 20.3 Å². The van der Waals surface area contributed by atoms with Crippen molar-refractivity contribution in [2.24, 2.45) is 0 Å². The van der Waals surface area contributed by atoms with Crippen molar-refractivity contribution >= 4 is 5.91 Å². The van der Waals surface area contributed by atoms with Crippen LogP contribution in [0.2, 0.25) is 0 Å². The Hall–Kier alpha value is -0.540. The third-order valence-corrected chi connectivity index (χ3v) is 2.79. The Morgan fingerprint density at radius 3 is 2.40 bits per heavy atom. The maximum Gasteiger partial charge on any atom is 0.243 e. The molecule has 0 atom stereocenters. The summed E-state index contributed by atoms with van der Waals surface area (Å²) < 4.78 is 0.990. The molecule has 90 valence electrons. The van der Waals surface area contributed by atoms with E-state index in [1.54, 1.807) is 0 Å². The topological polar surface area (TPSA) is 29.1 Å². The molecule has 0 saturated carbocycles. The summed E-state index contributed by atoms with van der Waals surface area (Å²) in [4.78, 5) is 10.8. The van der Waals surface area contributed by atoms with Gasteiger partial charge in [0, 0.05) is 13.0 Å². The Labute approximate surface area is 99.5 Å². The van der Waals surface area contributed by atoms with Crippen molar-refractivity contribution in [2.75, 3.05) is 27.2 Å². The van der Waals surface area contributed by atoms with Gasteiger partial charge in [-0.1, -0.05) is 6.58 Å². The summed E-state index contributed by atoms with van der Waals surface area (Å²) >= 11 is 0. The Morgan fingerprint density at radius 1 is 1.47 bits per heavy atom. The minimum atomic E-state index is -0.0835. The lowest BCUT2D eigenvalue weighted by molar-refractivity contribution is -0.911. The van der Waals surface area contributed by atoms with Gasteiger partial charge < -0.3 is 22.2 Å². The molecule has 1 N–H and O–H groups in total. The van der Waals surface area contributed by atoms with Crippen LogP contribution in [0.4, 0.5) is 0 Å². The van der Waals surface area contributed by atoms with E-state index in [2.05, 4.69) is 39.8 Å². The number of hydrogen-bond acceptors (Lipinski definition) is 1. The molecule has 0 aliphatic rings. The maximum atomic E-state index is 10.8. The van der Waals surface area contributed by atoms with Crippen LogP contribution < -0.4 is 17.7 Å².